The number of rotatable bonds is 6. The van der Waals surface area contributed by atoms with Gasteiger partial charge in [-0.3, -0.25) is 0 Å². The van der Waals surface area contributed by atoms with Crippen molar-refractivity contribution in [2.75, 3.05) is 13.7 Å². The van der Waals surface area contributed by atoms with Crippen LogP contribution >= 0.6 is 15.9 Å². The molecule has 6 heteroatoms. The number of halogens is 1. The molecular weight excluding hydrogens is 312 g/mol. The quantitative estimate of drug-likeness (QED) is 0.747. The number of aliphatic hydroxyl groups is 1. The number of hydrogen-bond acceptors (Lipinski definition) is 3. The van der Waals surface area contributed by atoms with Crippen LogP contribution in [0.3, 0.4) is 0 Å². The molecule has 0 aliphatic carbocycles. The Labute approximate surface area is 121 Å². The fraction of sp³-hybridized carbons (Fsp3) is 0.462. The Bertz CT molecular complexity index is 422. The molecule has 5 nitrogen and oxygen atoms in total. The summed E-state index contributed by atoms with van der Waals surface area (Å²) in [4.78, 5) is 11.6. The van der Waals surface area contributed by atoms with E-state index in [2.05, 4.69) is 26.6 Å². The minimum absolute atomic E-state index is 0.0654. The molecule has 19 heavy (non-hydrogen) atoms. The van der Waals surface area contributed by atoms with Gasteiger partial charge in [0.1, 0.15) is 5.75 Å². The second kappa shape index (κ2) is 8.01. The predicted molar refractivity (Wildman–Crippen MR) is 77.2 cm³/mol. The van der Waals surface area contributed by atoms with Crippen molar-refractivity contribution in [3.05, 3.63) is 28.2 Å². The summed E-state index contributed by atoms with van der Waals surface area (Å²) in [6, 6.07) is 5.08. The highest BCUT2D eigenvalue weighted by molar-refractivity contribution is 9.10. The fourth-order valence-corrected chi connectivity index (χ4v) is 1.98. The Morgan fingerprint density at radius 1 is 1.53 bits per heavy atom. The van der Waals surface area contributed by atoms with Gasteiger partial charge < -0.3 is 20.5 Å². The van der Waals surface area contributed by atoms with Gasteiger partial charge in [-0.05, 0) is 24.6 Å². The van der Waals surface area contributed by atoms with E-state index in [0.717, 1.165) is 15.8 Å². The topological polar surface area (TPSA) is 70.6 Å². The van der Waals surface area contributed by atoms with Gasteiger partial charge in [-0.15, -0.1) is 0 Å². The molecule has 0 aliphatic rings. The number of carbonyl (C=O) groups excluding carboxylic acids is 1. The van der Waals surface area contributed by atoms with Crippen LogP contribution in [0, 0.1) is 0 Å². The Hall–Kier alpha value is -1.27. The number of ether oxygens (including phenoxy) is 1. The lowest BCUT2D eigenvalue weighted by Crippen LogP contribution is -2.43. The summed E-state index contributed by atoms with van der Waals surface area (Å²) in [5, 5.41) is 14.4. The first-order valence-electron chi connectivity index (χ1n) is 6.08. The molecule has 1 rings (SSSR count). The van der Waals surface area contributed by atoms with Crippen molar-refractivity contribution in [3.63, 3.8) is 0 Å². The lowest BCUT2D eigenvalue weighted by molar-refractivity contribution is 0.214. The largest absolute Gasteiger partial charge is 0.496 e. The second-order valence-corrected chi connectivity index (χ2v) is 4.99. The normalized spacial score (nSPS) is 11.8. The Morgan fingerprint density at radius 2 is 2.26 bits per heavy atom. The molecule has 2 amide bonds. The zero-order chi connectivity index (χ0) is 14.3. The molecule has 1 unspecified atom stereocenters. The van der Waals surface area contributed by atoms with Crippen LogP contribution in [0.5, 0.6) is 5.75 Å². The summed E-state index contributed by atoms with van der Waals surface area (Å²) in [6.45, 7) is 2.19. The monoisotopic (exact) mass is 330 g/mol. The van der Waals surface area contributed by atoms with E-state index in [0.29, 0.717) is 13.0 Å². The highest BCUT2D eigenvalue weighted by Crippen LogP contribution is 2.22. The molecule has 0 fully saturated rings. The molecule has 0 bridgehead atoms. The highest BCUT2D eigenvalue weighted by Gasteiger charge is 2.10. The molecule has 0 saturated carbocycles. The van der Waals surface area contributed by atoms with Crippen molar-refractivity contribution in [2.45, 2.75) is 25.9 Å². The van der Waals surface area contributed by atoms with Gasteiger partial charge >= 0.3 is 6.03 Å². The van der Waals surface area contributed by atoms with E-state index in [1.807, 2.05) is 25.1 Å². The number of carbonyl (C=O) groups is 1. The maximum absolute atomic E-state index is 11.6. The van der Waals surface area contributed by atoms with E-state index in [9.17, 15) is 4.79 Å². The van der Waals surface area contributed by atoms with Gasteiger partial charge in [0.25, 0.3) is 0 Å². The highest BCUT2D eigenvalue weighted by atomic mass is 79.9. The van der Waals surface area contributed by atoms with Crippen LogP contribution < -0.4 is 15.4 Å². The smallest absolute Gasteiger partial charge is 0.315 e. The SMILES string of the molecule is CCC(CO)NC(=O)NCc1cc(Br)ccc1OC. The number of benzene rings is 1. The minimum atomic E-state index is -0.303. The van der Waals surface area contributed by atoms with Crippen LogP contribution in [-0.4, -0.2) is 30.9 Å². The molecule has 0 aromatic heterocycles. The first kappa shape index (κ1) is 15.8. The zero-order valence-corrected chi connectivity index (χ0v) is 12.7. The van der Waals surface area contributed by atoms with Gasteiger partial charge in [0.15, 0.2) is 0 Å². The van der Waals surface area contributed by atoms with Crippen molar-refractivity contribution in [3.8, 4) is 5.75 Å². The summed E-state index contributed by atoms with van der Waals surface area (Å²) in [6.07, 6.45) is 0.685. The van der Waals surface area contributed by atoms with Gasteiger partial charge in [0, 0.05) is 16.6 Å². The first-order valence-corrected chi connectivity index (χ1v) is 6.87. The second-order valence-electron chi connectivity index (χ2n) is 4.07. The van der Waals surface area contributed by atoms with Gasteiger partial charge in [-0.2, -0.15) is 0 Å². The van der Waals surface area contributed by atoms with Crippen molar-refractivity contribution in [2.24, 2.45) is 0 Å². The molecule has 1 aromatic carbocycles. The van der Waals surface area contributed by atoms with E-state index in [4.69, 9.17) is 9.84 Å². The van der Waals surface area contributed by atoms with Gasteiger partial charge in [0.2, 0.25) is 0 Å². The van der Waals surface area contributed by atoms with Crippen molar-refractivity contribution in [1.29, 1.82) is 0 Å². The van der Waals surface area contributed by atoms with E-state index < -0.39 is 0 Å². The summed E-state index contributed by atoms with van der Waals surface area (Å²) in [5.74, 6) is 0.720. The maximum atomic E-state index is 11.6. The van der Waals surface area contributed by atoms with Crippen molar-refractivity contribution < 1.29 is 14.6 Å². The van der Waals surface area contributed by atoms with Crippen LogP contribution in [-0.2, 0) is 6.54 Å². The summed E-state index contributed by atoms with van der Waals surface area (Å²) < 4.78 is 6.15. The third-order valence-electron chi connectivity index (χ3n) is 2.73. The average Bonchev–Trinajstić information content (AvgIpc) is 2.42. The van der Waals surface area contributed by atoms with Gasteiger partial charge in [-0.25, -0.2) is 4.79 Å². The molecule has 0 radical (unpaired) electrons. The summed E-state index contributed by atoms with van der Waals surface area (Å²) in [7, 11) is 1.59. The molecule has 0 saturated heterocycles. The van der Waals surface area contributed by atoms with E-state index in [1.54, 1.807) is 7.11 Å². The molecule has 0 heterocycles. The van der Waals surface area contributed by atoms with Crippen molar-refractivity contribution >= 4 is 22.0 Å². The summed E-state index contributed by atoms with van der Waals surface area (Å²) >= 11 is 3.38. The Balaban J connectivity index is 2.56. The van der Waals surface area contributed by atoms with E-state index in [1.165, 1.54) is 0 Å². The minimum Gasteiger partial charge on any atom is -0.496 e. The fourth-order valence-electron chi connectivity index (χ4n) is 1.57. The molecule has 0 aliphatic heterocycles. The number of aliphatic hydroxyl groups excluding tert-OH is 1. The van der Waals surface area contributed by atoms with Crippen molar-refractivity contribution in [1.82, 2.24) is 10.6 Å². The molecule has 106 valence electrons. The van der Waals surface area contributed by atoms with Crippen LogP contribution in [0.25, 0.3) is 0 Å². The lowest BCUT2D eigenvalue weighted by Gasteiger charge is -2.15. The van der Waals surface area contributed by atoms with Gasteiger partial charge in [-0.1, -0.05) is 22.9 Å². The number of methoxy groups -OCH3 is 1. The lowest BCUT2D eigenvalue weighted by atomic mass is 10.2. The van der Waals surface area contributed by atoms with Crippen LogP contribution in [0.2, 0.25) is 0 Å². The molecule has 0 spiro atoms. The maximum Gasteiger partial charge on any atom is 0.315 e. The predicted octanol–water partition coefficient (Wildman–Crippen LogP) is 2.03. The molecule has 1 aromatic rings. The number of amides is 2. The van der Waals surface area contributed by atoms with Crippen LogP contribution in [0.4, 0.5) is 4.79 Å². The molecule has 1 atom stereocenters. The average molecular weight is 331 g/mol. The first-order chi connectivity index (χ1) is 9.10. The number of urea groups is 1. The standard InChI is InChI=1S/C13H19BrN2O3/c1-3-11(8-17)16-13(18)15-7-9-6-10(14)4-5-12(9)19-2/h4-6,11,17H,3,7-8H2,1-2H3,(H2,15,16,18). The Kier molecular flexibility index (Phi) is 6.66. The van der Waals surface area contributed by atoms with Crippen LogP contribution in [0.15, 0.2) is 22.7 Å². The third kappa shape index (κ3) is 5.08. The van der Waals surface area contributed by atoms with E-state index in [-0.39, 0.29) is 18.7 Å². The molecule has 3 N–H and O–H groups in total. The molecular formula is C13H19BrN2O3. The number of nitrogens with one attached hydrogen (secondary N) is 2. The van der Waals surface area contributed by atoms with Gasteiger partial charge in [0.05, 0.1) is 19.8 Å². The van der Waals surface area contributed by atoms with E-state index >= 15 is 0 Å². The summed E-state index contributed by atoms with van der Waals surface area (Å²) in [5.41, 5.74) is 0.879. The third-order valence-corrected chi connectivity index (χ3v) is 3.22. The Morgan fingerprint density at radius 3 is 2.84 bits per heavy atom. The zero-order valence-electron chi connectivity index (χ0n) is 11.1. The van der Waals surface area contributed by atoms with Crippen LogP contribution in [0.1, 0.15) is 18.9 Å². The number of hydrogen-bond donors (Lipinski definition) is 3.